The SMILES string of the molecule is CC(O)CC1CCCN1C(=O)CC1CCSCC1. The van der Waals surface area contributed by atoms with Crippen molar-refractivity contribution in [1.29, 1.82) is 0 Å². The highest BCUT2D eigenvalue weighted by atomic mass is 32.2. The van der Waals surface area contributed by atoms with Gasteiger partial charge in [-0.2, -0.15) is 11.8 Å². The average Bonchev–Trinajstić information content (AvgIpc) is 2.77. The molecule has 3 nitrogen and oxygen atoms in total. The number of hydrogen-bond acceptors (Lipinski definition) is 3. The molecule has 0 aromatic carbocycles. The zero-order chi connectivity index (χ0) is 13.0. The van der Waals surface area contributed by atoms with Gasteiger partial charge >= 0.3 is 0 Å². The van der Waals surface area contributed by atoms with Crippen LogP contribution >= 0.6 is 11.8 Å². The molecule has 2 atom stereocenters. The van der Waals surface area contributed by atoms with E-state index in [-0.39, 0.29) is 12.1 Å². The maximum atomic E-state index is 12.3. The maximum absolute atomic E-state index is 12.3. The van der Waals surface area contributed by atoms with Crippen LogP contribution in [0.25, 0.3) is 0 Å². The molecule has 0 saturated carbocycles. The number of thioether (sulfide) groups is 1. The van der Waals surface area contributed by atoms with Crippen LogP contribution in [0.4, 0.5) is 0 Å². The quantitative estimate of drug-likeness (QED) is 0.853. The van der Waals surface area contributed by atoms with E-state index in [9.17, 15) is 9.90 Å². The maximum Gasteiger partial charge on any atom is 0.223 e. The topological polar surface area (TPSA) is 40.5 Å². The summed E-state index contributed by atoms with van der Waals surface area (Å²) in [6.45, 7) is 2.72. The summed E-state index contributed by atoms with van der Waals surface area (Å²) in [5.41, 5.74) is 0. The number of nitrogens with zero attached hydrogens (tertiary/aromatic N) is 1. The van der Waals surface area contributed by atoms with Gasteiger partial charge in [0.2, 0.25) is 5.91 Å². The molecule has 4 heteroatoms. The molecule has 2 unspecified atom stereocenters. The lowest BCUT2D eigenvalue weighted by atomic mass is 9.97. The monoisotopic (exact) mass is 271 g/mol. The second-order valence-electron chi connectivity index (χ2n) is 5.73. The van der Waals surface area contributed by atoms with E-state index in [1.807, 2.05) is 23.6 Å². The van der Waals surface area contributed by atoms with Crippen LogP contribution in [0.1, 0.15) is 45.4 Å². The van der Waals surface area contributed by atoms with Gasteiger partial charge in [0.1, 0.15) is 0 Å². The van der Waals surface area contributed by atoms with Gasteiger partial charge in [0, 0.05) is 19.0 Å². The van der Waals surface area contributed by atoms with Crippen molar-refractivity contribution in [3.63, 3.8) is 0 Å². The molecule has 2 saturated heterocycles. The molecular weight excluding hydrogens is 246 g/mol. The van der Waals surface area contributed by atoms with Gasteiger partial charge in [-0.3, -0.25) is 4.79 Å². The highest BCUT2D eigenvalue weighted by molar-refractivity contribution is 7.99. The number of aliphatic hydroxyl groups excluding tert-OH is 1. The van der Waals surface area contributed by atoms with E-state index >= 15 is 0 Å². The molecule has 0 spiro atoms. The van der Waals surface area contributed by atoms with E-state index in [0.717, 1.165) is 32.2 Å². The molecule has 1 amide bonds. The third-order valence-corrected chi connectivity index (χ3v) is 5.16. The van der Waals surface area contributed by atoms with Gasteiger partial charge in [0.15, 0.2) is 0 Å². The zero-order valence-electron chi connectivity index (χ0n) is 11.3. The Kier molecular flexibility index (Phi) is 5.37. The van der Waals surface area contributed by atoms with Crippen LogP contribution in [-0.2, 0) is 4.79 Å². The molecule has 2 fully saturated rings. The Morgan fingerprint density at radius 1 is 1.39 bits per heavy atom. The zero-order valence-corrected chi connectivity index (χ0v) is 12.1. The Balaban J connectivity index is 1.83. The first-order chi connectivity index (χ1) is 8.66. The summed E-state index contributed by atoms with van der Waals surface area (Å²) in [7, 11) is 0. The predicted octanol–water partition coefficient (Wildman–Crippen LogP) is 2.28. The average molecular weight is 271 g/mol. The van der Waals surface area contributed by atoms with Crippen molar-refractivity contribution in [1.82, 2.24) is 4.90 Å². The van der Waals surface area contributed by atoms with Crippen LogP contribution < -0.4 is 0 Å². The van der Waals surface area contributed by atoms with E-state index in [0.29, 0.717) is 11.8 Å². The highest BCUT2D eigenvalue weighted by Crippen LogP contribution is 2.28. The Morgan fingerprint density at radius 3 is 2.78 bits per heavy atom. The number of aliphatic hydroxyl groups is 1. The van der Waals surface area contributed by atoms with Crippen molar-refractivity contribution < 1.29 is 9.90 Å². The van der Waals surface area contributed by atoms with E-state index < -0.39 is 0 Å². The highest BCUT2D eigenvalue weighted by Gasteiger charge is 2.30. The summed E-state index contributed by atoms with van der Waals surface area (Å²) in [5, 5.41) is 9.49. The molecule has 0 aromatic heterocycles. The molecule has 104 valence electrons. The van der Waals surface area contributed by atoms with Gasteiger partial charge in [-0.1, -0.05) is 0 Å². The fourth-order valence-corrected chi connectivity index (χ4v) is 4.32. The molecule has 2 heterocycles. The molecule has 0 bridgehead atoms. The first kappa shape index (κ1) is 14.2. The van der Waals surface area contributed by atoms with Crippen LogP contribution in [0.3, 0.4) is 0 Å². The number of carbonyl (C=O) groups is 1. The summed E-state index contributed by atoms with van der Waals surface area (Å²) < 4.78 is 0. The smallest absolute Gasteiger partial charge is 0.223 e. The van der Waals surface area contributed by atoms with E-state index in [2.05, 4.69) is 0 Å². The van der Waals surface area contributed by atoms with Crippen LogP contribution in [0.2, 0.25) is 0 Å². The third kappa shape index (κ3) is 3.89. The summed E-state index contributed by atoms with van der Waals surface area (Å²) >= 11 is 2.01. The summed E-state index contributed by atoms with van der Waals surface area (Å²) in [6.07, 6.45) is 5.75. The first-order valence-electron chi connectivity index (χ1n) is 7.22. The standard InChI is InChI=1S/C14H25NO2S/c1-11(16)9-13-3-2-6-15(13)14(17)10-12-4-7-18-8-5-12/h11-13,16H,2-10H2,1H3. The predicted molar refractivity (Wildman–Crippen MR) is 75.7 cm³/mol. The van der Waals surface area contributed by atoms with E-state index in [4.69, 9.17) is 0 Å². The van der Waals surface area contributed by atoms with Crippen molar-refractivity contribution in [2.45, 2.75) is 57.6 Å². The van der Waals surface area contributed by atoms with Gasteiger partial charge in [0.05, 0.1) is 6.10 Å². The van der Waals surface area contributed by atoms with Gasteiger partial charge in [-0.05, 0) is 56.5 Å². The largest absolute Gasteiger partial charge is 0.393 e. The van der Waals surface area contributed by atoms with Crippen molar-refractivity contribution >= 4 is 17.7 Å². The van der Waals surface area contributed by atoms with Crippen LogP contribution in [-0.4, -0.2) is 46.1 Å². The number of amides is 1. The number of carbonyl (C=O) groups excluding carboxylic acids is 1. The minimum absolute atomic E-state index is 0.287. The summed E-state index contributed by atoms with van der Waals surface area (Å²) in [4.78, 5) is 14.4. The molecule has 2 rings (SSSR count). The normalized spacial score (nSPS) is 27.4. The number of rotatable bonds is 4. The molecule has 1 N–H and O–H groups in total. The Hall–Kier alpha value is -0.220. The van der Waals surface area contributed by atoms with Crippen molar-refractivity contribution in [3.8, 4) is 0 Å². The second kappa shape index (κ2) is 6.80. The third-order valence-electron chi connectivity index (χ3n) is 4.11. The fraction of sp³-hybridized carbons (Fsp3) is 0.929. The molecular formula is C14H25NO2S. The first-order valence-corrected chi connectivity index (χ1v) is 8.37. The van der Waals surface area contributed by atoms with Gasteiger partial charge in [-0.15, -0.1) is 0 Å². The Bertz CT molecular complexity index is 277. The summed E-state index contributed by atoms with van der Waals surface area (Å²) in [5.74, 6) is 3.37. The lowest BCUT2D eigenvalue weighted by molar-refractivity contribution is -0.133. The van der Waals surface area contributed by atoms with Gasteiger partial charge in [-0.25, -0.2) is 0 Å². The molecule has 0 radical (unpaired) electrons. The number of hydrogen-bond donors (Lipinski definition) is 1. The second-order valence-corrected chi connectivity index (χ2v) is 6.95. The van der Waals surface area contributed by atoms with Crippen LogP contribution in [0, 0.1) is 5.92 Å². The van der Waals surface area contributed by atoms with Crippen molar-refractivity contribution in [2.75, 3.05) is 18.1 Å². The van der Waals surface area contributed by atoms with Crippen LogP contribution in [0.5, 0.6) is 0 Å². The van der Waals surface area contributed by atoms with E-state index in [1.165, 1.54) is 24.3 Å². The lowest BCUT2D eigenvalue weighted by Gasteiger charge is -2.28. The van der Waals surface area contributed by atoms with Crippen molar-refractivity contribution in [3.05, 3.63) is 0 Å². The van der Waals surface area contributed by atoms with Crippen LogP contribution in [0.15, 0.2) is 0 Å². The molecule has 18 heavy (non-hydrogen) atoms. The molecule has 2 aliphatic heterocycles. The van der Waals surface area contributed by atoms with Gasteiger partial charge < -0.3 is 10.0 Å². The van der Waals surface area contributed by atoms with Crippen molar-refractivity contribution in [2.24, 2.45) is 5.92 Å². The van der Waals surface area contributed by atoms with E-state index in [1.54, 1.807) is 0 Å². The minimum atomic E-state index is -0.297. The lowest BCUT2D eigenvalue weighted by Crippen LogP contribution is -2.38. The fourth-order valence-electron chi connectivity index (χ4n) is 3.12. The Morgan fingerprint density at radius 2 is 2.11 bits per heavy atom. The molecule has 0 aromatic rings. The molecule has 0 aliphatic carbocycles. The molecule has 2 aliphatic rings. The minimum Gasteiger partial charge on any atom is -0.393 e. The number of likely N-dealkylation sites (tertiary alicyclic amines) is 1. The summed E-state index contributed by atoms with van der Waals surface area (Å²) in [6, 6.07) is 0.287. The Labute approximate surface area is 114 Å². The van der Waals surface area contributed by atoms with Gasteiger partial charge in [0.25, 0.3) is 0 Å².